The molecule has 0 bridgehead atoms. The van der Waals surface area contributed by atoms with Gasteiger partial charge in [0.2, 0.25) is 5.90 Å². The first-order valence-corrected chi connectivity index (χ1v) is 8.26. The molecule has 0 atom stereocenters. The second-order valence-electron chi connectivity index (χ2n) is 5.66. The molecular formula is C20H18F2N2O2. The Labute approximate surface area is 150 Å². The van der Waals surface area contributed by atoms with Crippen LogP contribution in [0, 0.1) is 0 Å². The molecule has 2 aromatic carbocycles. The number of hydrogen-bond acceptors (Lipinski definition) is 4. The molecule has 0 saturated heterocycles. The molecule has 1 aliphatic rings. The lowest BCUT2D eigenvalue weighted by molar-refractivity contribution is -0.129. The summed E-state index contributed by atoms with van der Waals surface area (Å²) in [4.78, 5) is 17.9. The van der Waals surface area contributed by atoms with Crippen LogP contribution in [0.25, 0.3) is 6.08 Å². The van der Waals surface area contributed by atoms with Gasteiger partial charge in [-0.3, -0.25) is 0 Å². The molecule has 1 heterocycles. The number of halogens is 2. The third-order valence-electron chi connectivity index (χ3n) is 3.91. The number of esters is 1. The van der Waals surface area contributed by atoms with E-state index < -0.39 is 19.3 Å². The molecule has 2 aromatic rings. The Morgan fingerprint density at radius 2 is 1.62 bits per heavy atom. The fraction of sp³-hybridized carbons (Fsp3) is 0.200. The topological polar surface area (TPSA) is 41.9 Å². The Morgan fingerprint density at radius 1 is 0.962 bits per heavy atom. The van der Waals surface area contributed by atoms with E-state index in [1.165, 1.54) is 0 Å². The number of aliphatic imine (C=N–C) groups is 1. The molecule has 6 heteroatoms. The van der Waals surface area contributed by atoms with Crippen molar-refractivity contribution >= 4 is 23.6 Å². The average molecular weight is 356 g/mol. The van der Waals surface area contributed by atoms with Crippen molar-refractivity contribution in [3.63, 3.8) is 0 Å². The van der Waals surface area contributed by atoms with Crippen molar-refractivity contribution in [1.82, 2.24) is 0 Å². The predicted molar refractivity (Wildman–Crippen MR) is 97.7 cm³/mol. The van der Waals surface area contributed by atoms with Crippen LogP contribution in [0.2, 0.25) is 0 Å². The summed E-state index contributed by atoms with van der Waals surface area (Å²) in [5.41, 5.74) is 2.41. The normalized spacial score (nSPS) is 15.1. The van der Waals surface area contributed by atoms with E-state index in [-0.39, 0.29) is 24.7 Å². The van der Waals surface area contributed by atoms with Crippen LogP contribution in [0.4, 0.5) is 14.5 Å². The first kappa shape index (κ1) is 17.8. The van der Waals surface area contributed by atoms with Gasteiger partial charge < -0.3 is 9.64 Å². The second kappa shape index (κ2) is 8.38. The van der Waals surface area contributed by atoms with Gasteiger partial charge in [0, 0.05) is 24.3 Å². The van der Waals surface area contributed by atoms with Crippen LogP contribution in [0.1, 0.15) is 11.1 Å². The minimum atomic E-state index is -0.547. The summed E-state index contributed by atoms with van der Waals surface area (Å²) in [6.45, 7) is -0.813. The van der Waals surface area contributed by atoms with Crippen molar-refractivity contribution in [3.8, 4) is 0 Å². The summed E-state index contributed by atoms with van der Waals surface area (Å²) < 4.78 is 30.4. The van der Waals surface area contributed by atoms with Gasteiger partial charge in [0.05, 0.1) is 0 Å². The number of benzene rings is 2. The molecule has 0 N–H and O–H groups in total. The van der Waals surface area contributed by atoms with Crippen molar-refractivity contribution in [2.24, 2.45) is 4.99 Å². The molecule has 0 amide bonds. The van der Waals surface area contributed by atoms with Gasteiger partial charge in [0.1, 0.15) is 13.3 Å². The van der Waals surface area contributed by atoms with E-state index in [2.05, 4.69) is 4.99 Å². The average Bonchev–Trinajstić information content (AvgIpc) is 3.03. The predicted octanol–water partition coefficient (Wildman–Crippen LogP) is 3.78. The quantitative estimate of drug-likeness (QED) is 0.560. The largest absolute Gasteiger partial charge is 0.402 e. The standard InChI is InChI=1S/C20H18F2N2O2/c21-10-12-24(13-11-22)17-8-6-15(7-9-17)14-18-20(25)26-19(23-18)16-4-2-1-3-5-16/h1-9,14H,10-13H2. The SMILES string of the molecule is O=C1OC(c2ccccc2)=NC1=Cc1ccc(N(CCF)CCF)cc1. The highest BCUT2D eigenvalue weighted by Crippen LogP contribution is 2.21. The lowest BCUT2D eigenvalue weighted by Crippen LogP contribution is -2.27. The fourth-order valence-corrected chi connectivity index (χ4v) is 2.63. The van der Waals surface area contributed by atoms with Crippen LogP contribution in [-0.2, 0) is 9.53 Å². The number of rotatable bonds is 7. The van der Waals surface area contributed by atoms with Gasteiger partial charge in [-0.2, -0.15) is 0 Å². The highest BCUT2D eigenvalue weighted by Gasteiger charge is 2.23. The molecule has 1 aliphatic heterocycles. The Balaban J connectivity index is 1.79. The van der Waals surface area contributed by atoms with Crippen molar-refractivity contribution in [3.05, 3.63) is 71.4 Å². The molecular weight excluding hydrogens is 338 g/mol. The Morgan fingerprint density at radius 3 is 2.23 bits per heavy atom. The smallest absolute Gasteiger partial charge is 0.363 e. The van der Waals surface area contributed by atoms with Gasteiger partial charge in [0.25, 0.3) is 0 Å². The lowest BCUT2D eigenvalue weighted by atomic mass is 10.1. The van der Waals surface area contributed by atoms with Crippen LogP contribution >= 0.6 is 0 Å². The third kappa shape index (κ3) is 4.14. The van der Waals surface area contributed by atoms with E-state index in [4.69, 9.17) is 4.74 Å². The van der Waals surface area contributed by atoms with E-state index in [9.17, 15) is 13.6 Å². The minimum Gasteiger partial charge on any atom is -0.402 e. The minimum absolute atomic E-state index is 0.140. The van der Waals surface area contributed by atoms with E-state index in [1.807, 2.05) is 30.3 Å². The second-order valence-corrected chi connectivity index (χ2v) is 5.66. The number of ether oxygens (including phenoxy) is 1. The molecule has 0 saturated carbocycles. The summed E-state index contributed by atoms with van der Waals surface area (Å²) in [5.74, 6) is -0.236. The third-order valence-corrected chi connectivity index (χ3v) is 3.91. The monoisotopic (exact) mass is 356 g/mol. The molecule has 0 aromatic heterocycles. The zero-order chi connectivity index (χ0) is 18.4. The zero-order valence-electron chi connectivity index (χ0n) is 14.1. The molecule has 3 rings (SSSR count). The van der Waals surface area contributed by atoms with Gasteiger partial charge in [-0.15, -0.1) is 0 Å². The van der Waals surface area contributed by atoms with E-state index in [1.54, 1.807) is 35.2 Å². The Hall–Kier alpha value is -3.02. The molecule has 26 heavy (non-hydrogen) atoms. The van der Waals surface area contributed by atoms with E-state index >= 15 is 0 Å². The molecule has 0 fully saturated rings. The molecule has 4 nitrogen and oxygen atoms in total. The van der Waals surface area contributed by atoms with Gasteiger partial charge in [-0.05, 0) is 35.9 Å². The van der Waals surface area contributed by atoms with Crippen LogP contribution in [0.15, 0.2) is 65.3 Å². The number of carbonyl (C=O) groups excluding carboxylic acids is 1. The molecule has 0 unspecified atom stereocenters. The van der Waals surface area contributed by atoms with Gasteiger partial charge in [0.15, 0.2) is 5.70 Å². The summed E-state index contributed by atoms with van der Waals surface area (Å²) in [6.07, 6.45) is 1.62. The van der Waals surface area contributed by atoms with Crippen LogP contribution < -0.4 is 4.90 Å². The maximum Gasteiger partial charge on any atom is 0.363 e. The summed E-state index contributed by atoms with van der Waals surface area (Å²) in [7, 11) is 0. The summed E-state index contributed by atoms with van der Waals surface area (Å²) in [6, 6.07) is 16.2. The highest BCUT2D eigenvalue weighted by molar-refractivity contribution is 6.12. The summed E-state index contributed by atoms with van der Waals surface area (Å²) in [5, 5.41) is 0. The summed E-state index contributed by atoms with van der Waals surface area (Å²) >= 11 is 0. The number of carbonyl (C=O) groups is 1. The number of hydrogen-bond donors (Lipinski definition) is 0. The van der Waals surface area contributed by atoms with Gasteiger partial charge in [-0.1, -0.05) is 30.3 Å². The van der Waals surface area contributed by atoms with Crippen molar-refractivity contribution in [1.29, 1.82) is 0 Å². The fourth-order valence-electron chi connectivity index (χ4n) is 2.63. The Kier molecular flexibility index (Phi) is 5.73. The number of alkyl halides is 2. The van der Waals surface area contributed by atoms with Crippen molar-refractivity contribution in [2.75, 3.05) is 31.3 Å². The maximum atomic E-state index is 12.6. The van der Waals surface area contributed by atoms with Gasteiger partial charge in [-0.25, -0.2) is 18.6 Å². The van der Waals surface area contributed by atoms with Crippen LogP contribution in [-0.4, -0.2) is 38.3 Å². The van der Waals surface area contributed by atoms with Crippen LogP contribution in [0.3, 0.4) is 0 Å². The first-order valence-electron chi connectivity index (χ1n) is 8.26. The van der Waals surface area contributed by atoms with Gasteiger partial charge >= 0.3 is 5.97 Å². The van der Waals surface area contributed by atoms with Crippen molar-refractivity contribution in [2.45, 2.75) is 0 Å². The van der Waals surface area contributed by atoms with E-state index in [0.717, 1.165) is 16.8 Å². The number of cyclic esters (lactones) is 1. The molecule has 0 radical (unpaired) electrons. The van der Waals surface area contributed by atoms with E-state index in [0.29, 0.717) is 0 Å². The van der Waals surface area contributed by atoms with Crippen molar-refractivity contribution < 1.29 is 18.3 Å². The first-order chi connectivity index (χ1) is 12.7. The maximum absolute atomic E-state index is 12.6. The Bertz CT molecular complexity index is 811. The highest BCUT2D eigenvalue weighted by atomic mass is 19.1. The number of anilines is 1. The number of nitrogens with zero attached hydrogens (tertiary/aromatic N) is 2. The lowest BCUT2D eigenvalue weighted by Gasteiger charge is -2.22. The molecule has 134 valence electrons. The molecule has 0 spiro atoms. The van der Waals surface area contributed by atoms with Crippen LogP contribution in [0.5, 0.6) is 0 Å². The molecule has 0 aliphatic carbocycles. The zero-order valence-corrected chi connectivity index (χ0v) is 14.1.